The second kappa shape index (κ2) is 5.69. The van der Waals surface area contributed by atoms with Crippen molar-refractivity contribution in [2.45, 2.75) is 12.3 Å². The molecule has 0 N–H and O–H groups in total. The van der Waals surface area contributed by atoms with Gasteiger partial charge in [-0.3, -0.25) is 0 Å². The Hall–Kier alpha value is -0.800. The molecule has 2 rings (SSSR count). The van der Waals surface area contributed by atoms with Crippen LogP contribution in [0.3, 0.4) is 0 Å². The molecule has 0 radical (unpaired) electrons. The first-order valence-corrected chi connectivity index (χ1v) is 7.20. The summed E-state index contributed by atoms with van der Waals surface area (Å²) < 4.78 is 6.87. The zero-order chi connectivity index (χ0) is 12.3. The maximum atomic E-state index is 5.91. The molecule has 0 amide bonds. The fourth-order valence-corrected chi connectivity index (χ4v) is 2.36. The average Bonchev–Trinajstić information content (AvgIpc) is 2.34. The van der Waals surface area contributed by atoms with E-state index in [2.05, 4.69) is 50.9 Å². The third-order valence-electron chi connectivity index (χ3n) is 2.42. The number of alkyl halides is 1. The minimum Gasteiger partial charge on any atom is -0.456 e. The molecule has 0 saturated heterocycles. The number of hydrogen-bond acceptors (Lipinski definition) is 1. The van der Waals surface area contributed by atoms with E-state index < -0.39 is 0 Å². The molecule has 0 aromatic heterocycles. The molecular weight excluding hydrogens is 344 g/mol. The van der Waals surface area contributed by atoms with E-state index in [0.717, 1.165) is 26.9 Å². The van der Waals surface area contributed by atoms with Gasteiger partial charge in [0, 0.05) is 10.9 Å². The van der Waals surface area contributed by atoms with Crippen LogP contribution < -0.4 is 4.74 Å². The molecule has 0 aliphatic carbocycles. The van der Waals surface area contributed by atoms with Crippen LogP contribution in [-0.4, -0.2) is 0 Å². The van der Waals surface area contributed by atoms with E-state index in [-0.39, 0.29) is 0 Å². The van der Waals surface area contributed by atoms with E-state index in [9.17, 15) is 0 Å². The van der Waals surface area contributed by atoms with Crippen LogP contribution in [0.1, 0.15) is 11.1 Å². The van der Waals surface area contributed by atoms with E-state index in [1.165, 1.54) is 5.56 Å². The lowest BCUT2D eigenvalue weighted by atomic mass is 10.1. The first-order chi connectivity index (χ1) is 8.20. The van der Waals surface area contributed by atoms with Crippen LogP contribution in [0.25, 0.3) is 0 Å². The summed E-state index contributed by atoms with van der Waals surface area (Å²) in [6, 6.07) is 14.0. The first-order valence-electron chi connectivity index (χ1n) is 5.28. The van der Waals surface area contributed by atoms with Crippen LogP contribution in [-0.2, 0) is 5.33 Å². The van der Waals surface area contributed by atoms with Gasteiger partial charge in [-0.15, -0.1) is 0 Å². The molecule has 0 unspecified atom stereocenters. The summed E-state index contributed by atoms with van der Waals surface area (Å²) in [5.74, 6) is 1.72. The van der Waals surface area contributed by atoms with E-state index in [1.54, 1.807) is 0 Å². The summed E-state index contributed by atoms with van der Waals surface area (Å²) in [5, 5.41) is 0.786. The minimum atomic E-state index is 0.786. The zero-order valence-corrected chi connectivity index (χ0v) is 12.6. The second-order valence-electron chi connectivity index (χ2n) is 3.78. The lowest BCUT2D eigenvalue weighted by Crippen LogP contribution is -1.91. The summed E-state index contributed by atoms with van der Waals surface area (Å²) >= 11 is 6.96. The third kappa shape index (κ3) is 3.11. The van der Waals surface area contributed by atoms with Crippen molar-refractivity contribution in [1.29, 1.82) is 0 Å². The zero-order valence-electron chi connectivity index (χ0n) is 9.41. The highest BCUT2D eigenvalue weighted by atomic mass is 79.9. The normalized spacial score (nSPS) is 10.3. The number of aryl methyl sites for hydroxylation is 1. The number of rotatable bonds is 3. The van der Waals surface area contributed by atoms with E-state index in [1.807, 2.05) is 30.3 Å². The van der Waals surface area contributed by atoms with Crippen molar-refractivity contribution in [3.8, 4) is 11.5 Å². The van der Waals surface area contributed by atoms with Gasteiger partial charge in [0.25, 0.3) is 0 Å². The van der Waals surface area contributed by atoms with Crippen molar-refractivity contribution in [2.24, 2.45) is 0 Å². The van der Waals surface area contributed by atoms with Gasteiger partial charge in [0.05, 0.1) is 4.47 Å². The van der Waals surface area contributed by atoms with Crippen LogP contribution in [0, 0.1) is 6.92 Å². The summed E-state index contributed by atoms with van der Waals surface area (Å²) in [6.07, 6.45) is 0. The van der Waals surface area contributed by atoms with Crippen molar-refractivity contribution in [3.05, 3.63) is 58.1 Å². The topological polar surface area (TPSA) is 9.23 Å². The van der Waals surface area contributed by atoms with Gasteiger partial charge in [0.15, 0.2) is 0 Å². The second-order valence-corrected chi connectivity index (χ2v) is 5.19. The number of hydrogen-bond donors (Lipinski definition) is 0. The Balaban J connectivity index is 2.33. The molecule has 0 spiro atoms. The van der Waals surface area contributed by atoms with E-state index in [0.29, 0.717) is 0 Å². The van der Waals surface area contributed by atoms with Crippen LogP contribution in [0.4, 0.5) is 0 Å². The van der Waals surface area contributed by atoms with Gasteiger partial charge in [-0.1, -0.05) is 45.8 Å². The Bertz CT molecular complexity index is 523. The smallest absolute Gasteiger partial charge is 0.141 e. The fraction of sp³-hybridized carbons (Fsp3) is 0.143. The molecule has 0 bridgehead atoms. The molecule has 0 aliphatic heterocycles. The highest BCUT2D eigenvalue weighted by Crippen LogP contribution is 2.32. The van der Waals surface area contributed by atoms with Crippen LogP contribution in [0.5, 0.6) is 11.5 Å². The van der Waals surface area contributed by atoms with Crippen LogP contribution >= 0.6 is 31.9 Å². The van der Waals surface area contributed by atoms with Gasteiger partial charge >= 0.3 is 0 Å². The Labute approximate surface area is 118 Å². The number of halogens is 2. The standard InChI is InChI=1S/C14H12Br2O/c1-10-6-7-13(11(8-10)9-15)17-14-5-3-2-4-12(14)16/h2-8H,9H2,1H3. The summed E-state index contributed by atoms with van der Waals surface area (Å²) in [4.78, 5) is 0. The van der Waals surface area contributed by atoms with Gasteiger partial charge in [0.2, 0.25) is 0 Å². The van der Waals surface area contributed by atoms with E-state index in [4.69, 9.17) is 4.74 Å². The van der Waals surface area contributed by atoms with Gasteiger partial charge in [-0.05, 0) is 41.1 Å². The molecule has 17 heavy (non-hydrogen) atoms. The molecule has 0 saturated carbocycles. The molecule has 0 heterocycles. The maximum Gasteiger partial charge on any atom is 0.141 e. The highest BCUT2D eigenvalue weighted by Gasteiger charge is 2.06. The van der Waals surface area contributed by atoms with Crippen molar-refractivity contribution in [1.82, 2.24) is 0 Å². The predicted molar refractivity (Wildman–Crippen MR) is 78.0 cm³/mol. The van der Waals surface area contributed by atoms with Crippen LogP contribution in [0.15, 0.2) is 46.9 Å². The number of para-hydroxylation sites is 1. The average molecular weight is 356 g/mol. The molecule has 2 aromatic rings. The quantitative estimate of drug-likeness (QED) is 0.665. The molecule has 2 aromatic carbocycles. The Morgan fingerprint density at radius 3 is 2.53 bits per heavy atom. The van der Waals surface area contributed by atoms with Crippen molar-refractivity contribution in [2.75, 3.05) is 0 Å². The van der Waals surface area contributed by atoms with Gasteiger partial charge in [-0.25, -0.2) is 0 Å². The largest absolute Gasteiger partial charge is 0.456 e. The number of benzene rings is 2. The number of ether oxygens (including phenoxy) is 1. The lowest BCUT2D eigenvalue weighted by molar-refractivity contribution is 0.475. The molecule has 3 heteroatoms. The molecular formula is C14H12Br2O. The molecule has 88 valence electrons. The van der Waals surface area contributed by atoms with Crippen molar-refractivity contribution < 1.29 is 4.74 Å². The van der Waals surface area contributed by atoms with Gasteiger partial charge < -0.3 is 4.74 Å². The summed E-state index contributed by atoms with van der Waals surface area (Å²) in [6.45, 7) is 2.08. The Morgan fingerprint density at radius 2 is 1.82 bits per heavy atom. The minimum absolute atomic E-state index is 0.786. The molecule has 0 aliphatic rings. The molecule has 0 fully saturated rings. The van der Waals surface area contributed by atoms with Crippen molar-refractivity contribution >= 4 is 31.9 Å². The van der Waals surface area contributed by atoms with Crippen molar-refractivity contribution in [3.63, 3.8) is 0 Å². The first kappa shape index (κ1) is 12.7. The monoisotopic (exact) mass is 354 g/mol. The third-order valence-corrected chi connectivity index (χ3v) is 3.68. The molecule has 1 nitrogen and oxygen atoms in total. The maximum absolute atomic E-state index is 5.91. The summed E-state index contributed by atoms with van der Waals surface area (Å²) in [7, 11) is 0. The molecule has 0 atom stereocenters. The lowest BCUT2D eigenvalue weighted by Gasteiger charge is -2.11. The van der Waals surface area contributed by atoms with E-state index >= 15 is 0 Å². The van der Waals surface area contributed by atoms with Gasteiger partial charge in [-0.2, -0.15) is 0 Å². The van der Waals surface area contributed by atoms with Gasteiger partial charge in [0.1, 0.15) is 11.5 Å². The summed E-state index contributed by atoms with van der Waals surface area (Å²) in [5.41, 5.74) is 2.39. The Kier molecular flexibility index (Phi) is 4.24. The fourth-order valence-electron chi connectivity index (χ4n) is 1.56. The SMILES string of the molecule is Cc1ccc(Oc2ccccc2Br)c(CBr)c1. The highest BCUT2D eigenvalue weighted by molar-refractivity contribution is 9.10. The predicted octanol–water partition coefficient (Wildman–Crippen LogP) is 5.44. The van der Waals surface area contributed by atoms with Crippen LogP contribution in [0.2, 0.25) is 0 Å². The Morgan fingerprint density at radius 1 is 1.06 bits per heavy atom.